The molecule has 2 aliphatic heterocycles. The lowest BCUT2D eigenvalue weighted by molar-refractivity contribution is -0.117. The van der Waals surface area contributed by atoms with Gasteiger partial charge >= 0.3 is 0 Å². The molecule has 1 N–H and O–H groups in total. The predicted molar refractivity (Wildman–Crippen MR) is 119 cm³/mol. The maximum Gasteiger partial charge on any atom is 0.256 e. The minimum atomic E-state index is 0.0750. The number of hydrogen-bond acceptors (Lipinski definition) is 3. The van der Waals surface area contributed by atoms with Gasteiger partial charge in [0.15, 0.2) is 0 Å². The molecule has 156 valence electrons. The average Bonchev–Trinajstić information content (AvgIpc) is 3.64. The third kappa shape index (κ3) is 3.93. The number of piperidine rings is 1. The number of nitrogens with one attached hydrogen (secondary N) is 1. The van der Waals surface area contributed by atoms with E-state index in [1.54, 1.807) is 0 Å². The molecule has 2 aromatic rings. The van der Waals surface area contributed by atoms with Crippen molar-refractivity contribution in [1.29, 1.82) is 0 Å². The van der Waals surface area contributed by atoms with Crippen LogP contribution in [-0.2, 0) is 17.8 Å². The van der Waals surface area contributed by atoms with Crippen LogP contribution in [0.2, 0.25) is 0 Å². The van der Waals surface area contributed by atoms with E-state index in [0.29, 0.717) is 5.56 Å². The number of likely N-dealkylation sites (tertiary alicyclic amines) is 1. The van der Waals surface area contributed by atoms with E-state index in [9.17, 15) is 9.59 Å². The fourth-order valence-electron chi connectivity index (χ4n) is 4.62. The second-order valence-electron chi connectivity index (χ2n) is 8.79. The number of carbonyl (C=O) groups excluding carboxylic acids is 2. The summed E-state index contributed by atoms with van der Waals surface area (Å²) in [6.45, 7) is 3.34. The number of amides is 2. The Labute approximate surface area is 178 Å². The number of hydrogen-bond donors (Lipinski definition) is 1. The van der Waals surface area contributed by atoms with Crippen molar-refractivity contribution >= 4 is 23.2 Å². The van der Waals surface area contributed by atoms with E-state index in [4.69, 9.17) is 0 Å². The summed E-state index contributed by atoms with van der Waals surface area (Å²) in [6, 6.07) is 14.4. The van der Waals surface area contributed by atoms with Crippen LogP contribution >= 0.6 is 0 Å². The molecule has 0 unspecified atom stereocenters. The predicted octanol–water partition coefficient (Wildman–Crippen LogP) is 4.22. The first-order valence-electron chi connectivity index (χ1n) is 11.2. The van der Waals surface area contributed by atoms with Gasteiger partial charge in [0.25, 0.3) is 5.91 Å². The maximum atomic E-state index is 13.5. The van der Waals surface area contributed by atoms with Crippen molar-refractivity contribution in [2.75, 3.05) is 29.9 Å². The van der Waals surface area contributed by atoms with Gasteiger partial charge in [0.1, 0.15) is 0 Å². The molecule has 0 atom stereocenters. The first-order chi connectivity index (χ1) is 14.7. The largest absolute Gasteiger partial charge is 0.366 e. The molecular weight excluding hydrogens is 374 g/mol. The quantitative estimate of drug-likeness (QED) is 0.831. The van der Waals surface area contributed by atoms with Crippen molar-refractivity contribution in [3.8, 4) is 0 Å². The topological polar surface area (TPSA) is 52.7 Å². The van der Waals surface area contributed by atoms with Crippen LogP contribution in [0.25, 0.3) is 0 Å². The summed E-state index contributed by atoms with van der Waals surface area (Å²) in [5, 5.41) is 3.02. The summed E-state index contributed by atoms with van der Waals surface area (Å²) < 4.78 is 0. The van der Waals surface area contributed by atoms with Crippen molar-refractivity contribution in [2.24, 2.45) is 5.92 Å². The Hall–Kier alpha value is -2.82. The van der Waals surface area contributed by atoms with Crippen molar-refractivity contribution in [1.82, 2.24) is 4.90 Å². The average molecular weight is 404 g/mol. The van der Waals surface area contributed by atoms with Gasteiger partial charge in [-0.1, -0.05) is 24.3 Å². The van der Waals surface area contributed by atoms with Crippen molar-refractivity contribution < 1.29 is 9.59 Å². The third-order valence-corrected chi connectivity index (χ3v) is 6.56. The van der Waals surface area contributed by atoms with E-state index in [1.807, 2.05) is 23.1 Å². The monoisotopic (exact) mass is 403 g/mol. The normalized spacial score (nSPS) is 18.7. The van der Waals surface area contributed by atoms with Crippen LogP contribution in [0.5, 0.6) is 0 Å². The Morgan fingerprint density at radius 1 is 0.900 bits per heavy atom. The van der Waals surface area contributed by atoms with E-state index < -0.39 is 0 Å². The lowest BCUT2D eigenvalue weighted by Gasteiger charge is -2.34. The highest BCUT2D eigenvalue weighted by Gasteiger charge is 2.30. The van der Waals surface area contributed by atoms with Crippen LogP contribution in [-0.4, -0.2) is 36.3 Å². The molecule has 0 radical (unpaired) electrons. The van der Waals surface area contributed by atoms with E-state index in [2.05, 4.69) is 34.5 Å². The van der Waals surface area contributed by atoms with Gasteiger partial charge in [0, 0.05) is 43.5 Å². The van der Waals surface area contributed by atoms with Crippen molar-refractivity contribution in [3.05, 3.63) is 59.2 Å². The molecule has 0 bridgehead atoms. The van der Waals surface area contributed by atoms with Crippen LogP contribution in [0.3, 0.4) is 0 Å². The second kappa shape index (κ2) is 8.13. The van der Waals surface area contributed by atoms with Gasteiger partial charge in [0.2, 0.25) is 5.91 Å². The fourth-order valence-corrected chi connectivity index (χ4v) is 4.62. The summed E-state index contributed by atoms with van der Waals surface area (Å²) in [4.78, 5) is 30.0. The van der Waals surface area contributed by atoms with E-state index in [-0.39, 0.29) is 17.7 Å². The lowest BCUT2D eigenvalue weighted by Crippen LogP contribution is -2.38. The van der Waals surface area contributed by atoms with Crippen molar-refractivity contribution in [3.63, 3.8) is 0 Å². The van der Waals surface area contributed by atoms with Gasteiger partial charge in [-0.05, 0) is 67.9 Å². The molecule has 0 aromatic heterocycles. The van der Waals surface area contributed by atoms with Gasteiger partial charge in [-0.25, -0.2) is 0 Å². The number of fused-ring (bicyclic) bond motifs is 1. The molecule has 5 rings (SSSR count). The zero-order valence-electron chi connectivity index (χ0n) is 17.4. The number of carbonyl (C=O) groups is 2. The molecule has 1 saturated carbocycles. The highest BCUT2D eigenvalue weighted by molar-refractivity contribution is 6.02. The number of rotatable bonds is 4. The van der Waals surface area contributed by atoms with E-state index >= 15 is 0 Å². The summed E-state index contributed by atoms with van der Waals surface area (Å²) in [6.07, 6.45) is 6.24. The molecule has 1 aliphatic carbocycles. The Balaban J connectivity index is 1.46. The standard InChI is InChI=1S/C25H29N3O2/c29-24(19-8-9-19)26-21-10-11-23(22(16-21)25(30)27-13-4-1-5-14-27)28-15-12-18-6-2-3-7-20(18)17-28/h2-3,6-7,10-11,16,19H,1,4-5,8-9,12-15,17H2,(H,26,29). The van der Waals surface area contributed by atoms with Crippen molar-refractivity contribution in [2.45, 2.75) is 45.1 Å². The Morgan fingerprint density at radius 3 is 2.43 bits per heavy atom. The van der Waals surface area contributed by atoms with Gasteiger partial charge in [-0.2, -0.15) is 0 Å². The minimum absolute atomic E-state index is 0.0750. The lowest BCUT2D eigenvalue weighted by atomic mass is 9.98. The molecule has 30 heavy (non-hydrogen) atoms. The Kier molecular flexibility index (Phi) is 5.19. The molecular formula is C25H29N3O2. The summed E-state index contributed by atoms with van der Waals surface area (Å²) in [5.74, 6) is 0.307. The zero-order valence-corrected chi connectivity index (χ0v) is 17.4. The van der Waals surface area contributed by atoms with Gasteiger partial charge in [-0.15, -0.1) is 0 Å². The molecule has 1 saturated heterocycles. The highest BCUT2D eigenvalue weighted by Crippen LogP contribution is 2.33. The van der Waals surface area contributed by atoms with Crippen LogP contribution < -0.4 is 10.2 Å². The van der Waals surface area contributed by atoms with Crippen LogP contribution in [0, 0.1) is 5.92 Å². The van der Waals surface area contributed by atoms with Gasteiger partial charge in [0.05, 0.1) is 5.56 Å². The smallest absolute Gasteiger partial charge is 0.256 e. The number of nitrogens with zero attached hydrogens (tertiary/aromatic N) is 2. The minimum Gasteiger partial charge on any atom is -0.366 e. The molecule has 5 nitrogen and oxygen atoms in total. The van der Waals surface area contributed by atoms with Gasteiger partial charge in [-0.3, -0.25) is 9.59 Å². The molecule has 2 aromatic carbocycles. The van der Waals surface area contributed by atoms with E-state index in [0.717, 1.165) is 69.7 Å². The molecule has 2 amide bonds. The highest BCUT2D eigenvalue weighted by atomic mass is 16.2. The van der Waals surface area contributed by atoms with Crippen LogP contribution in [0.4, 0.5) is 11.4 Å². The SMILES string of the molecule is O=C(Nc1ccc(N2CCc3ccccc3C2)c(C(=O)N2CCCCC2)c1)C1CC1. The zero-order chi connectivity index (χ0) is 20.5. The second-order valence-corrected chi connectivity index (χ2v) is 8.79. The molecule has 2 heterocycles. The molecule has 5 heteroatoms. The summed E-state index contributed by atoms with van der Waals surface area (Å²) in [5.41, 5.74) is 5.14. The van der Waals surface area contributed by atoms with Crippen LogP contribution in [0.15, 0.2) is 42.5 Å². The molecule has 2 fully saturated rings. The Bertz CT molecular complexity index is 961. The van der Waals surface area contributed by atoms with E-state index in [1.165, 1.54) is 17.5 Å². The molecule has 3 aliphatic rings. The summed E-state index contributed by atoms with van der Waals surface area (Å²) in [7, 11) is 0. The third-order valence-electron chi connectivity index (χ3n) is 6.56. The summed E-state index contributed by atoms with van der Waals surface area (Å²) >= 11 is 0. The first kappa shape index (κ1) is 19.2. The molecule has 0 spiro atoms. The van der Waals surface area contributed by atoms with Crippen LogP contribution in [0.1, 0.15) is 53.6 Å². The van der Waals surface area contributed by atoms with Gasteiger partial charge < -0.3 is 15.1 Å². The first-order valence-corrected chi connectivity index (χ1v) is 11.2. The fraction of sp³-hybridized carbons (Fsp3) is 0.440. The number of benzene rings is 2. The Morgan fingerprint density at radius 2 is 1.67 bits per heavy atom. The maximum absolute atomic E-state index is 13.5. The number of anilines is 2.